The van der Waals surface area contributed by atoms with E-state index in [2.05, 4.69) is 92.8 Å². The lowest BCUT2D eigenvalue weighted by atomic mass is 9.90. The van der Waals surface area contributed by atoms with Crippen LogP contribution in [0.25, 0.3) is 82.1 Å². The zero-order chi connectivity index (χ0) is 33.8. The SMILES string of the molecule is [C-]#[N+]c1cccc2c3ccccc3n(-c3cccc(-c4c(C#N)cccc4-c4ccccc4-n4c5ccccc5c5cc(C#N)ccc54)c3)c12. The van der Waals surface area contributed by atoms with Crippen molar-refractivity contribution in [2.45, 2.75) is 0 Å². The molecule has 5 heteroatoms. The lowest BCUT2D eigenvalue weighted by Crippen LogP contribution is -1.99. The summed E-state index contributed by atoms with van der Waals surface area (Å²) in [7, 11) is 0. The molecule has 9 rings (SSSR count). The van der Waals surface area contributed by atoms with E-state index in [1.807, 2.05) is 84.9 Å². The molecule has 0 N–H and O–H groups in total. The summed E-state index contributed by atoms with van der Waals surface area (Å²) in [6.07, 6.45) is 0. The summed E-state index contributed by atoms with van der Waals surface area (Å²) in [5.41, 5.74) is 11.2. The smallest absolute Gasteiger partial charge is 0.211 e. The minimum absolute atomic E-state index is 0.569. The maximum Gasteiger partial charge on any atom is 0.211 e. The third-order valence-corrected chi connectivity index (χ3v) is 9.61. The van der Waals surface area contributed by atoms with Crippen molar-refractivity contribution in [1.82, 2.24) is 9.13 Å². The van der Waals surface area contributed by atoms with Crippen LogP contribution in [-0.4, -0.2) is 9.13 Å². The van der Waals surface area contributed by atoms with Crippen molar-refractivity contribution >= 4 is 49.3 Å². The van der Waals surface area contributed by atoms with Crippen LogP contribution in [-0.2, 0) is 0 Å². The predicted octanol–water partition coefficient (Wildman–Crippen LogP) is 11.5. The Bertz CT molecular complexity index is 2970. The third-order valence-electron chi connectivity index (χ3n) is 9.61. The number of aromatic nitrogens is 2. The maximum absolute atomic E-state index is 10.5. The van der Waals surface area contributed by atoms with Gasteiger partial charge in [-0.15, -0.1) is 0 Å². The van der Waals surface area contributed by atoms with Gasteiger partial charge in [0.15, 0.2) is 0 Å². The molecule has 0 unspecified atom stereocenters. The second-order valence-electron chi connectivity index (χ2n) is 12.2. The number of hydrogen-bond acceptors (Lipinski definition) is 2. The molecule has 0 fully saturated rings. The zero-order valence-electron chi connectivity index (χ0n) is 26.7. The van der Waals surface area contributed by atoms with Crippen molar-refractivity contribution in [3.63, 3.8) is 0 Å². The van der Waals surface area contributed by atoms with Gasteiger partial charge in [-0.3, -0.25) is 0 Å². The molecule has 0 aliphatic carbocycles. The molecule has 0 amide bonds. The maximum atomic E-state index is 10.5. The molecular weight excluding hydrogens is 611 g/mol. The normalized spacial score (nSPS) is 11.1. The van der Waals surface area contributed by atoms with Gasteiger partial charge in [0, 0.05) is 33.0 Å². The Morgan fingerprint density at radius 2 is 1.18 bits per heavy atom. The molecule has 0 saturated carbocycles. The molecule has 5 nitrogen and oxygen atoms in total. The summed E-state index contributed by atoms with van der Waals surface area (Å²) in [6.45, 7) is 7.97. The van der Waals surface area contributed by atoms with E-state index >= 15 is 0 Å². The highest BCUT2D eigenvalue weighted by Gasteiger charge is 2.21. The number of fused-ring (bicyclic) bond motifs is 6. The molecule has 0 spiro atoms. The number of nitrogens with zero attached hydrogens (tertiary/aromatic N) is 5. The van der Waals surface area contributed by atoms with Crippen LogP contribution in [0.5, 0.6) is 0 Å². The number of para-hydroxylation sites is 4. The predicted molar refractivity (Wildman–Crippen MR) is 202 cm³/mol. The molecule has 230 valence electrons. The van der Waals surface area contributed by atoms with E-state index in [0.29, 0.717) is 16.8 Å². The standard InChI is InChI=1S/C45H25N5/c1-48-39-19-10-18-37-34-15-3-5-20-40(34)49(45(37)39)32-13-8-11-30(26-32)44-31(28-47)12-9-17-36(44)33-14-2-6-21-41(33)50-42-22-7-4-16-35(42)38-25-29(27-46)23-24-43(38)50/h2-26H. The summed E-state index contributed by atoms with van der Waals surface area (Å²) in [6, 6.07) is 55.4. The summed E-state index contributed by atoms with van der Waals surface area (Å²) in [5.74, 6) is 0. The Hall–Kier alpha value is -7.39. The van der Waals surface area contributed by atoms with Gasteiger partial charge in [0.25, 0.3) is 0 Å². The van der Waals surface area contributed by atoms with Crippen molar-refractivity contribution in [2.75, 3.05) is 0 Å². The topological polar surface area (TPSA) is 61.8 Å². The Balaban J connectivity index is 1.31. The van der Waals surface area contributed by atoms with E-state index < -0.39 is 0 Å². The average molecular weight is 636 g/mol. The molecule has 7 aromatic carbocycles. The van der Waals surface area contributed by atoms with E-state index in [1.165, 1.54) is 0 Å². The number of benzene rings is 7. The van der Waals surface area contributed by atoms with Crippen LogP contribution in [0.2, 0.25) is 0 Å². The zero-order valence-corrected chi connectivity index (χ0v) is 26.7. The number of hydrogen-bond donors (Lipinski definition) is 0. The molecule has 2 aromatic heterocycles. The Kier molecular flexibility index (Phi) is 6.56. The molecule has 0 atom stereocenters. The number of rotatable bonds is 4. The van der Waals surface area contributed by atoms with Crippen molar-refractivity contribution in [2.24, 2.45) is 0 Å². The fourth-order valence-corrected chi connectivity index (χ4v) is 7.54. The van der Waals surface area contributed by atoms with Crippen molar-refractivity contribution in [3.8, 4) is 45.8 Å². The second-order valence-corrected chi connectivity index (χ2v) is 12.2. The first-order valence-corrected chi connectivity index (χ1v) is 16.3. The summed E-state index contributed by atoms with van der Waals surface area (Å²) in [4.78, 5) is 3.90. The first-order valence-electron chi connectivity index (χ1n) is 16.3. The van der Waals surface area contributed by atoms with Gasteiger partial charge in [-0.05, 0) is 71.1 Å². The number of nitriles is 2. The van der Waals surface area contributed by atoms with Crippen molar-refractivity contribution in [3.05, 3.63) is 174 Å². The van der Waals surface area contributed by atoms with Crippen molar-refractivity contribution < 1.29 is 0 Å². The Morgan fingerprint density at radius 3 is 1.98 bits per heavy atom. The van der Waals surface area contributed by atoms with Crippen LogP contribution in [0.4, 0.5) is 5.69 Å². The molecule has 9 aromatic rings. The van der Waals surface area contributed by atoms with Crippen LogP contribution in [0, 0.1) is 29.2 Å². The molecule has 0 saturated heterocycles. The van der Waals surface area contributed by atoms with Gasteiger partial charge in [0.1, 0.15) is 0 Å². The minimum atomic E-state index is 0.569. The molecule has 0 aliphatic heterocycles. The highest BCUT2D eigenvalue weighted by atomic mass is 15.0. The van der Waals surface area contributed by atoms with Crippen LogP contribution >= 0.6 is 0 Å². The Labute approximate surface area is 288 Å². The van der Waals surface area contributed by atoms with Gasteiger partial charge < -0.3 is 9.13 Å². The van der Waals surface area contributed by atoms with Crippen LogP contribution < -0.4 is 0 Å². The monoisotopic (exact) mass is 635 g/mol. The summed E-state index contributed by atoms with van der Waals surface area (Å²) >= 11 is 0. The largest absolute Gasteiger partial charge is 0.319 e. The van der Waals surface area contributed by atoms with Crippen LogP contribution in [0.15, 0.2) is 152 Å². The molecular formula is C45H25N5. The lowest BCUT2D eigenvalue weighted by molar-refractivity contribution is 1.18. The van der Waals surface area contributed by atoms with E-state index in [-0.39, 0.29) is 0 Å². The highest BCUT2D eigenvalue weighted by molar-refractivity contribution is 6.13. The second kappa shape index (κ2) is 11.4. The van der Waals surface area contributed by atoms with Crippen LogP contribution in [0.1, 0.15) is 11.1 Å². The first kappa shape index (κ1) is 28.8. The van der Waals surface area contributed by atoms with E-state index in [4.69, 9.17) is 6.57 Å². The third kappa shape index (κ3) is 4.24. The summed E-state index contributed by atoms with van der Waals surface area (Å²) < 4.78 is 4.42. The van der Waals surface area contributed by atoms with Gasteiger partial charge in [-0.1, -0.05) is 97.1 Å². The first-order chi connectivity index (χ1) is 24.7. The van der Waals surface area contributed by atoms with Gasteiger partial charge in [0.2, 0.25) is 5.69 Å². The summed E-state index contributed by atoms with van der Waals surface area (Å²) in [5, 5.41) is 24.4. The van der Waals surface area contributed by atoms with Gasteiger partial charge >= 0.3 is 0 Å². The minimum Gasteiger partial charge on any atom is -0.319 e. The van der Waals surface area contributed by atoms with E-state index in [0.717, 1.165) is 77.2 Å². The lowest BCUT2D eigenvalue weighted by Gasteiger charge is -2.18. The molecule has 0 radical (unpaired) electrons. The average Bonchev–Trinajstić information content (AvgIpc) is 3.70. The molecule has 50 heavy (non-hydrogen) atoms. The Morgan fingerprint density at radius 1 is 0.520 bits per heavy atom. The van der Waals surface area contributed by atoms with E-state index in [9.17, 15) is 10.5 Å². The highest BCUT2D eigenvalue weighted by Crippen LogP contribution is 2.43. The fourth-order valence-electron chi connectivity index (χ4n) is 7.54. The molecule has 0 aliphatic rings. The van der Waals surface area contributed by atoms with Gasteiger partial charge in [-0.25, -0.2) is 4.85 Å². The fraction of sp³-hybridized carbons (Fsp3) is 0. The van der Waals surface area contributed by atoms with Crippen LogP contribution in [0.3, 0.4) is 0 Å². The quantitative estimate of drug-likeness (QED) is 0.181. The van der Waals surface area contributed by atoms with E-state index in [1.54, 1.807) is 0 Å². The van der Waals surface area contributed by atoms with Gasteiger partial charge in [-0.2, -0.15) is 10.5 Å². The van der Waals surface area contributed by atoms with Crippen molar-refractivity contribution in [1.29, 1.82) is 10.5 Å². The molecule has 2 heterocycles. The molecule has 0 bridgehead atoms. The van der Waals surface area contributed by atoms with Gasteiger partial charge in [0.05, 0.1) is 57.6 Å².